The van der Waals surface area contributed by atoms with Gasteiger partial charge in [0.05, 0.1) is 23.9 Å². The number of thiazole rings is 1. The molecule has 2 aromatic rings. The molecule has 3 nitrogen and oxygen atoms in total. The van der Waals surface area contributed by atoms with Gasteiger partial charge in [0.15, 0.2) is 0 Å². The Morgan fingerprint density at radius 3 is 2.47 bits per heavy atom. The third-order valence-corrected chi connectivity index (χ3v) is 4.75. The monoisotopic (exact) mass is 341 g/mol. The molecule has 1 heterocycles. The van der Waals surface area contributed by atoms with E-state index in [4.69, 9.17) is 0 Å². The van der Waals surface area contributed by atoms with E-state index in [1.165, 1.54) is 0 Å². The van der Waals surface area contributed by atoms with Crippen LogP contribution in [0.1, 0.15) is 16.3 Å². The van der Waals surface area contributed by atoms with Crippen molar-refractivity contribution in [2.45, 2.75) is 18.8 Å². The lowest BCUT2D eigenvalue weighted by molar-refractivity contribution is 0.115. The Bertz CT molecular complexity index is 552. The van der Waals surface area contributed by atoms with Gasteiger partial charge in [0.2, 0.25) is 0 Å². The van der Waals surface area contributed by atoms with Gasteiger partial charge in [0.1, 0.15) is 0 Å². The Kier molecular flexibility index (Phi) is 4.73. The summed E-state index contributed by atoms with van der Waals surface area (Å²) in [6.07, 6.45) is 0.521. The van der Waals surface area contributed by atoms with E-state index < -0.39 is 5.41 Å². The van der Waals surface area contributed by atoms with Crippen molar-refractivity contribution in [2.75, 3.05) is 13.2 Å². The van der Waals surface area contributed by atoms with E-state index in [1.54, 1.807) is 11.3 Å². The van der Waals surface area contributed by atoms with Gasteiger partial charge in [-0.15, -0.1) is 11.3 Å². The molecule has 5 heteroatoms. The lowest BCUT2D eigenvalue weighted by Gasteiger charge is -2.30. The molecule has 2 N–H and O–H groups in total. The molecule has 2 rings (SSSR count). The zero-order chi connectivity index (χ0) is 13.9. The number of hydrogen-bond acceptors (Lipinski definition) is 4. The second-order valence-electron chi connectivity index (χ2n) is 4.61. The molecule has 1 aromatic carbocycles. The van der Waals surface area contributed by atoms with E-state index >= 15 is 0 Å². The third kappa shape index (κ3) is 3.05. The molecule has 19 heavy (non-hydrogen) atoms. The van der Waals surface area contributed by atoms with Crippen molar-refractivity contribution in [1.29, 1.82) is 0 Å². The minimum Gasteiger partial charge on any atom is -0.395 e. The zero-order valence-corrected chi connectivity index (χ0v) is 13.0. The molecule has 0 fully saturated rings. The van der Waals surface area contributed by atoms with Crippen molar-refractivity contribution >= 4 is 27.3 Å². The summed E-state index contributed by atoms with van der Waals surface area (Å²) in [6.45, 7) is 1.71. The van der Waals surface area contributed by atoms with E-state index in [0.29, 0.717) is 6.42 Å². The molecule has 0 amide bonds. The van der Waals surface area contributed by atoms with Crippen LogP contribution in [0.15, 0.2) is 34.1 Å². The summed E-state index contributed by atoms with van der Waals surface area (Å²) in [5, 5.41) is 22.6. The molecular weight excluding hydrogens is 326 g/mol. The van der Waals surface area contributed by atoms with Crippen LogP contribution in [0.25, 0.3) is 0 Å². The Morgan fingerprint density at radius 2 is 1.95 bits per heavy atom. The first kappa shape index (κ1) is 14.7. The van der Waals surface area contributed by atoms with E-state index in [9.17, 15) is 10.2 Å². The summed E-state index contributed by atoms with van der Waals surface area (Å²) in [5.41, 5.74) is 1.10. The average Bonchev–Trinajstić information content (AvgIpc) is 2.82. The third-order valence-electron chi connectivity index (χ3n) is 3.24. The summed E-state index contributed by atoms with van der Waals surface area (Å²) in [6, 6.07) is 7.67. The summed E-state index contributed by atoms with van der Waals surface area (Å²) in [7, 11) is 0. The highest BCUT2D eigenvalue weighted by molar-refractivity contribution is 9.10. The van der Waals surface area contributed by atoms with Crippen LogP contribution in [-0.2, 0) is 11.8 Å². The highest BCUT2D eigenvalue weighted by atomic mass is 79.9. The lowest BCUT2D eigenvalue weighted by atomic mass is 9.78. The molecule has 0 atom stereocenters. The molecule has 102 valence electrons. The van der Waals surface area contributed by atoms with E-state index in [-0.39, 0.29) is 13.2 Å². The summed E-state index contributed by atoms with van der Waals surface area (Å²) in [4.78, 5) is 4.43. The van der Waals surface area contributed by atoms with Gasteiger partial charge in [-0.2, -0.15) is 0 Å². The lowest BCUT2D eigenvalue weighted by Crippen LogP contribution is -2.37. The van der Waals surface area contributed by atoms with E-state index in [0.717, 1.165) is 20.7 Å². The zero-order valence-electron chi connectivity index (χ0n) is 10.6. The van der Waals surface area contributed by atoms with Gasteiger partial charge in [-0.25, -0.2) is 4.98 Å². The van der Waals surface area contributed by atoms with Gasteiger partial charge in [-0.3, -0.25) is 0 Å². The van der Waals surface area contributed by atoms with E-state index in [1.807, 2.05) is 36.6 Å². The number of aryl methyl sites for hydroxylation is 1. The smallest absolute Gasteiger partial charge is 0.0897 e. The Labute approximate surface area is 125 Å². The van der Waals surface area contributed by atoms with E-state index in [2.05, 4.69) is 20.9 Å². The van der Waals surface area contributed by atoms with Gasteiger partial charge in [0.25, 0.3) is 0 Å². The van der Waals surface area contributed by atoms with Crippen LogP contribution < -0.4 is 0 Å². The topological polar surface area (TPSA) is 53.4 Å². The summed E-state index contributed by atoms with van der Waals surface area (Å²) < 4.78 is 0.894. The predicted octanol–water partition coefficient (Wildman–Crippen LogP) is 2.68. The van der Waals surface area contributed by atoms with Gasteiger partial charge in [0, 0.05) is 21.7 Å². The number of rotatable bonds is 5. The Balaban J connectivity index is 2.40. The number of aliphatic hydroxyl groups is 2. The first-order chi connectivity index (χ1) is 9.11. The maximum absolute atomic E-state index is 9.82. The molecule has 0 aliphatic heterocycles. The molecule has 0 bridgehead atoms. The summed E-state index contributed by atoms with van der Waals surface area (Å²) >= 11 is 5.07. The normalized spacial score (nSPS) is 11.8. The number of aromatic nitrogens is 1. The van der Waals surface area contributed by atoms with Crippen LogP contribution in [-0.4, -0.2) is 28.4 Å². The molecule has 1 aromatic heterocycles. The number of halogens is 1. The molecule has 0 aliphatic rings. The minimum atomic E-state index is -0.708. The standard InChI is InChI=1S/C14H16BrNO2S/c1-10-16-11(7-19-10)6-14(8-17,9-18)12-4-2-3-5-13(12)15/h2-5,7,17-18H,6,8-9H2,1H3. The van der Waals surface area contributed by atoms with Crippen molar-refractivity contribution in [3.8, 4) is 0 Å². The molecule has 0 radical (unpaired) electrons. The fourth-order valence-corrected chi connectivity index (χ4v) is 3.47. The predicted molar refractivity (Wildman–Crippen MR) is 80.5 cm³/mol. The van der Waals surface area contributed by atoms with Crippen molar-refractivity contribution < 1.29 is 10.2 Å². The van der Waals surface area contributed by atoms with Gasteiger partial charge < -0.3 is 10.2 Å². The SMILES string of the molecule is Cc1nc(CC(CO)(CO)c2ccccc2Br)cs1. The number of benzene rings is 1. The Hall–Kier alpha value is -0.750. The maximum Gasteiger partial charge on any atom is 0.0897 e. The minimum absolute atomic E-state index is 0.122. The average molecular weight is 342 g/mol. The van der Waals surface area contributed by atoms with Crippen LogP contribution in [0, 0.1) is 6.92 Å². The largest absolute Gasteiger partial charge is 0.395 e. The maximum atomic E-state index is 9.82. The van der Waals surface area contributed by atoms with Crippen LogP contribution in [0.3, 0.4) is 0 Å². The summed E-state index contributed by atoms with van der Waals surface area (Å²) in [5.74, 6) is 0. The van der Waals surface area contributed by atoms with Crippen LogP contribution in [0.4, 0.5) is 0 Å². The number of nitrogens with zero attached hydrogens (tertiary/aromatic N) is 1. The molecule has 0 unspecified atom stereocenters. The van der Waals surface area contributed by atoms with Crippen LogP contribution >= 0.6 is 27.3 Å². The molecular formula is C14H16BrNO2S. The highest BCUT2D eigenvalue weighted by Crippen LogP contribution is 2.33. The van der Waals surface area contributed by atoms with Crippen molar-refractivity contribution in [3.05, 3.63) is 50.4 Å². The second-order valence-corrected chi connectivity index (χ2v) is 6.53. The van der Waals surface area contributed by atoms with Gasteiger partial charge in [-0.05, 0) is 18.6 Å². The quantitative estimate of drug-likeness (QED) is 0.878. The second kappa shape index (κ2) is 6.13. The molecule has 0 spiro atoms. The number of aliphatic hydroxyl groups excluding tert-OH is 2. The van der Waals surface area contributed by atoms with Crippen molar-refractivity contribution in [1.82, 2.24) is 4.98 Å². The molecule has 0 aliphatic carbocycles. The number of hydrogen-bond donors (Lipinski definition) is 2. The molecule has 0 saturated carbocycles. The van der Waals surface area contributed by atoms with Gasteiger partial charge >= 0.3 is 0 Å². The van der Waals surface area contributed by atoms with Crippen LogP contribution in [0.5, 0.6) is 0 Å². The first-order valence-electron chi connectivity index (χ1n) is 5.99. The molecule has 0 saturated heterocycles. The first-order valence-corrected chi connectivity index (χ1v) is 7.66. The Morgan fingerprint density at radius 1 is 1.26 bits per heavy atom. The van der Waals surface area contributed by atoms with Crippen molar-refractivity contribution in [3.63, 3.8) is 0 Å². The fourth-order valence-electron chi connectivity index (χ4n) is 2.15. The van der Waals surface area contributed by atoms with Crippen molar-refractivity contribution in [2.24, 2.45) is 0 Å². The fraction of sp³-hybridized carbons (Fsp3) is 0.357. The van der Waals surface area contributed by atoms with Crippen LogP contribution in [0.2, 0.25) is 0 Å². The highest BCUT2D eigenvalue weighted by Gasteiger charge is 2.33. The van der Waals surface area contributed by atoms with Gasteiger partial charge in [-0.1, -0.05) is 34.1 Å².